The number of carboxylic acid groups (broad SMARTS) is 1. The Kier molecular flexibility index (Phi) is 12.9. The molecule has 3 heterocycles. The van der Waals surface area contributed by atoms with Gasteiger partial charge in [-0.15, -0.1) is 0 Å². The van der Waals surface area contributed by atoms with E-state index in [0.717, 1.165) is 5.57 Å². The van der Waals surface area contributed by atoms with Crippen LogP contribution in [0.5, 0.6) is 0 Å². The van der Waals surface area contributed by atoms with Gasteiger partial charge in [-0.1, -0.05) is 80.2 Å². The van der Waals surface area contributed by atoms with Crippen molar-refractivity contribution in [3.63, 3.8) is 0 Å². The second-order valence-corrected chi connectivity index (χ2v) is 11.7. The summed E-state index contributed by atoms with van der Waals surface area (Å²) in [5.41, 5.74) is 0.130. The SMILES string of the molecule is C/C1=C/[C@H]2O[C@@H](C/C=C/C=C/C(=O)O[C@@H]3C[C@@H](/C=C/CC=C1)O[C@@H](CC=CC[C@@H](O)C(=O)O)[C@]3(C)CO)C[C@H](O)[C@H]2C. The molecule has 0 aromatic rings. The summed E-state index contributed by atoms with van der Waals surface area (Å²) in [6.45, 7) is 5.52. The Hall–Kier alpha value is -2.82. The molecule has 9 atom stereocenters. The van der Waals surface area contributed by atoms with Crippen molar-refractivity contribution in [3.8, 4) is 0 Å². The van der Waals surface area contributed by atoms with Crippen LogP contribution in [-0.4, -0.2) is 81.7 Å². The summed E-state index contributed by atoms with van der Waals surface area (Å²) in [4.78, 5) is 23.7. The molecule has 9 nitrogen and oxygen atoms in total. The van der Waals surface area contributed by atoms with Gasteiger partial charge >= 0.3 is 11.9 Å². The standard InChI is InChI=1S/C33H46O9/c1-22-12-6-4-7-14-25-20-30(33(3,21-34)29(41-25)16-11-10-15-26(35)32(38)39)42-31(37)17-9-5-8-13-24-19-27(36)23(2)28(18-22)40-24/h5-12,14,17-18,23-30,34-36H,4,13,15-16,19-21H2,1-3H3,(H,38,39)/b8-5+,11-10?,12-6?,14-7+,17-9+,22-18-/t23-,24+,25-,26-,27+,28-,29+,30-,33+/m1/s1. The maximum Gasteiger partial charge on any atom is 0.332 e. The van der Waals surface area contributed by atoms with Gasteiger partial charge in [0.15, 0.2) is 6.10 Å². The second kappa shape index (κ2) is 16.1. The molecule has 42 heavy (non-hydrogen) atoms. The molecule has 0 aromatic heterocycles. The van der Waals surface area contributed by atoms with Gasteiger partial charge in [0.1, 0.15) is 6.10 Å². The first-order chi connectivity index (χ1) is 20.0. The molecule has 0 spiro atoms. The molecule has 0 aromatic carbocycles. The van der Waals surface area contributed by atoms with Crippen LogP contribution in [0.15, 0.2) is 72.4 Å². The normalized spacial score (nSPS) is 39.0. The van der Waals surface area contributed by atoms with Crippen molar-refractivity contribution in [1.29, 1.82) is 0 Å². The number of fused-ring (bicyclic) bond motifs is 4. The van der Waals surface area contributed by atoms with Crippen LogP contribution in [0, 0.1) is 11.3 Å². The summed E-state index contributed by atoms with van der Waals surface area (Å²) in [6, 6.07) is 0. The fourth-order valence-electron chi connectivity index (χ4n) is 5.44. The average molecular weight is 587 g/mol. The van der Waals surface area contributed by atoms with Gasteiger partial charge in [0.25, 0.3) is 0 Å². The number of hydrogen-bond acceptors (Lipinski definition) is 8. The van der Waals surface area contributed by atoms with E-state index in [2.05, 4.69) is 6.08 Å². The van der Waals surface area contributed by atoms with Crippen LogP contribution in [-0.2, 0) is 23.8 Å². The predicted molar refractivity (Wildman–Crippen MR) is 158 cm³/mol. The van der Waals surface area contributed by atoms with Gasteiger partial charge in [-0.25, -0.2) is 9.59 Å². The Morgan fingerprint density at radius 3 is 2.67 bits per heavy atom. The Balaban J connectivity index is 1.82. The first-order valence-electron chi connectivity index (χ1n) is 14.7. The minimum Gasteiger partial charge on any atom is -0.479 e. The van der Waals surface area contributed by atoms with Crippen LogP contribution in [0.3, 0.4) is 0 Å². The molecule has 4 bridgehead atoms. The fraction of sp³-hybridized carbons (Fsp3) is 0.576. The lowest BCUT2D eigenvalue weighted by molar-refractivity contribution is -0.198. The third-order valence-electron chi connectivity index (χ3n) is 8.31. The van der Waals surface area contributed by atoms with Crippen molar-refractivity contribution in [1.82, 2.24) is 0 Å². The quantitative estimate of drug-likeness (QED) is 0.269. The van der Waals surface area contributed by atoms with E-state index in [1.807, 2.05) is 51.2 Å². The highest BCUT2D eigenvalue weighted by atomic mass is 16.6. The van der Waals surface area contributed by atoms with E-state index >= 15 is 0 Å². The number of ether oxygens (including phenoxy) is 3. The minimum atomic E-state index is -1.49. The Morgan fingerprint density at radius 2 is 1.93 bits per heavy atom. The highest BCUT2D eigenvalue weighted by molar-refractivity contribution is 5.82. The molecule has 2 saturated heterocycles. The molecule has 3 aliphatic rings. The molecular formula is C33H46O9. The Labute approximate surface area is 248 Å². The van der Waals surface area contributed by atoms with Crippen molar-refractivity contribution in [2.24, 2.45) is 11.3 Å². The third kappa shape index (κ3) is 9.61. The lowest BCUT2D eigenvalue weighted by Gasteiger charge is -2.47. The first kappa shape index (κ1) is 33.7. The van der Waals surface area contributed by atoms with Gasteiger partial charge in [0, 0.05) is 31.3 Å². The first-order valence-corrected chi connectivity index (χ1v) is 14.7. The fourth-order valence-corrected chi connectivity index (χ4v) is 5.44. The molecule has 0 saturated carbocycles. The van der Waals surface area contributed by atoms with Crippen molar-refractivity contribution in [2.75, 3.05) is 6.61 Å². The lowest BCUT2D eigenvalue weighted by atomic mass is 9.73. The summed E-state index contributed by atoms with van der Waals surface area (Å²) >= 11 is 0. The summed E-state index contributed by atoms with van der Waals surface area (Å²) in [5.74, 6) is -1.86. The van der Waals surface area contributed by atoms with E-state index in [1.54, 1.807) is 24.3 Å². The molecule has 0 amide bonds. The van der Waals surface area contributed by atoms with Crippen molar-refractivity contribution >= 4 is 11.9 Å². The molecule has 4 N–H and O–H groups in total. The van der Waals surface area contributed by atoms with Crippen molar-refractivity contribution in [3.05, 3.63) is 72.4 Å². The number of rotatable bonds is 6. The molecule has 3 aliphatic heterocycles. The number of aliphatic carboxylic acids is 1. The minimum absolute atomic E-state index is 0.0213. The Bertz CT molecular complexity index is 1090. The largest absolute Gasteiger partial charge is 0.479 e. The van der Waals surface area contributed by atoms with E-state index in [9.17, 15) is 24.9 Å². The molecule has 2 fully saturated rings. The summed E-state index contributed by atoms with van der Waals surface area (Å²) in [5, 5.41) is 39.4. The van der Waals surface area contributed by atoms with Crippen LogP contribution in [0.1, 0.15) is 59.3 Å². The monoisotopic (exact) mass is 586 g/mol. The van der Waals surface area contributed by atoms with Crippen molar-refractivity contribution in [2.45, 2.75) is 102 Å². The summed E-state index contributed by atoms with van der Waals surface area (Å²) in [7, 11) is 0. The number of allylic oxidation sites excluding steroid dienone is 6. The molecule has 9 heteroatoms. The average Bonchev–Trinajstić information content (AvgIpc) is 2.94. The van der Waals surface area contributed by atoms with Crippen LogP contribution in [0.25, 0.3) is 0 Å². The third-order valence-corrected chi connectivity index (χ3v) is 8.31. The van der Waals surface area contributed by atoms with Gasteiger partial charge in [0.2, 0.25) is 0 Å². The van der Waals surface area contributed by atoms with Gasteiger partial charge < -0.3 is 34.6 Å². The predicted octanol–water partition coefficient (Wildman–Crippen LogP) is 3.96. The van der Waals surface area contributed by atoms with Gasteiger partial charge in [-0.05, 0) is 26.2 Å². The zero-order chi connectivity index (χ0) is 30.7. The second-order valence-electron chi connectivity index (χ2n) is 11.7. The highest BCUT2D eigenvalue weighted by Gasteiger charge is 2.49. The molecular weight excluding hydrogens is 540 g/mol. The number of aliphatic hydroxyl groups excluding tert-OH is 3. The molecule has 232 valence electrons. The maximum atomic E-state index is 12.8. The van der Waals surface area contributed by atoms with Gasteiger partial charge in [-0.3, -0.25) is 0 Å². The van der Waals surface area contributed by atoms with Gasteiger partial charge in [0.05, 0.1) is 42.5 Å². The van der Waals surface area contributed by atoms with Crippen LogP contribution in [0.2, 0.25) is 0 Å². The summed E-state index contributed by atoms with van der Waals surface area (Å²) < 4.78 is 18.5. The van der Waals surface area contributed by atoms with Crippen LogP contribution in [0.4, 0.5) is 0 Å². The lowest BCUT2D eigenvalue weighted by Crippen LogP contribution is -2.55. The molecule has 0 unspecified atom stereocenters. The maximum absolute atomic E-state index is 12.8. The number of carbonyl (C=O) groups excluding carboxylic acids is 1. The van der Waals surface area contributed by atoms with E-state index in [-0.39, 0.29) is 37.3 Å². The zero-order valence-electron chi connectivity index (χ0n) is 24.7. The Morgan fingerprint density at radius 1 is 1.14 bits per heavy atom. The number of hydrogen-bond donors (Lipinski definition) is 4. The smallest absolute Gasteiger partial charge is 0.332 e. The zero-order valence-corrected chi connectivity index (χ0v) is 24.7. The van der Waals surface area contributed by atoms with Crippen molar-refractivity contribution < 1.29 is 44.2 Å². The molecule has 3 rings (SSSR count). The topological polar surface area (TPSA) is 143 Å². The molecule has 0 radical (unpaired) electrons. The number of esters is 1. The van der Waals surface area contributed by atoms with Gasteiger partial charge in [-0.2, -0.15) is 0 Å². The van der Waals surface area contributed by atoms with Crippen LogP contribution < -0.4 is 0 Å². The van der Waals surface area contributed by atoms with E-state index in [4.69, 9.17) is 19.3 Å². The molecule has 0 aliphatic carbocycles. The van der Waals surface area contributed by atoms with E-state index < -0.39 is 41.8 Å². The van der Waals surface area contributed by atoms with E-state index in [0.29, 0.717) is 32.1 Å². The number of carboxylic acids is 1. The highest BCUT2D eigenvalue weighted by Crippen LogP contribution is 2.41. The van der Waals surface area contributed by atoms with E-state index in [1.165, 1.54) is 6.08 Å². The number of carbonyl (C=O) groups is 2. The summed E-state index contributed by atoms with van der Waals surface area (Å²) in [6.07, 6.45) is 18.5. The van der Waals surface area contributed by atoms with Crippen LogP contribution >= 0.6 is 0 Å². The number of aliphatic hydroxyl groups is 3.